The molecular formula is C32H39N9O3. The predicted molar refractivity (Wildman–Crippen MR) is 167 cm³/mol. The number of carbonyl (C=O) groups is 2. The fourth-order valence-corrected chi connectivity index (χ4v) is 5.52. The summed E-state index contributed by atoms with van der Waals surface area (Å²) in [6.07, 6.45) is 8.08. The second kappa shape index (κ2) is 14.1. The fraction of sp³-hybridized carbons (Fsp3) is 0.406. The minimum absolute atomic E-state index is 0.0382. The zero-order valence-electron chi connectivity index (χ0n) is 25.7. The molecule has 0 spiro atoms. The van der Waals surface area contributed by atoms with Gasteiger partial charge in [-0.05, 0) is 50.8 Å². The van der Waals surface area contributed by atoms with Crippen LogP contribution in [-0.2, 0) is 16.0 Å². The Labute approximate surface area is 256 Å². The van der Waals surface area contributed by atoms with Crippen molar-refractivity contribution in [3.05, 3.63) is 65.6 Å². The van der Waals surface area contributed by atoms with Crippen molar-refractivity contribution in [3.8, 4) is 17.1 Å². The Balaban J connectivity index is 1.28. The van der Waals surface area contributed by atoms with Gasteiger partial charge in [0.05, 0.1) is 30.1 Å². The molecule has 44 heavy (non-hydrogen) atoms. The van der Waals surface area contributed by atoms with Crippen LogP contribution in [0.3, 0.4) is 0 Å². The molecule has 1 aromatic carbocycles. The minimum atomic E-state index is -0.0423. The lowest BCUT2D eigenvalue weighted by Gasteiger charge is -2.16. The first kappa shape index (κ1) is 30.6. The maximum atomic E-state index is 13.0. The number of methoxy groups -OCH3 is 1. The first-order chi connectivity index (χ1) is 21.4. The van der Waals surface area contributed by atoms with Gasteiger partial charge in [0.15, 0.2) is 0 Å². The molecule has 0 saturated carbocycles. The number of unbranched alkanes of at least 4 members (excludes halogenated alkanes) is 2. The fourth-order valence-electron chi connectivity index (χ4n) is 5.52. The summed E-state index contributed by atoms with van der Waals surface area (Å²) >= 11 is 0. The number of imidazole rings is 1. The predicted octanol–water partition coefficient (Wildman–Crippen LogP) is 4.22. The Hall–Kier alpha value is -4.87. The summed E-state index contributed by atoms with van der Waals surface area (Å²) in [5, 5.41) is 11.0. The van der Waals surface area contributed by atoms with Crippen LogP contribution in [0.2, 0.25) is 0 Å². The maximum Gasteiger partial charge on any atom is 0.252 e. The molecule has 0 fully saturated rings. The number of amides is 2. The molecule has 0 radical (unpaired) electrons. The van der Waals surface area contributed by atoms with Gasteiger partial charge < -0.3 is 20.4 Å². The van der Waals surface area contributed by atoms with E-state index in [1.807, 2.05) is 44.2 Å². The molecular weight excluding hydrogens is 558 g/mol. The molecule has 0 aliphatic rings. The molecule has 5 rings (SSSR count). The van der Waals surface area contributed by atoms with Crippen LogP contribution >= 0.6 is 0 Å². The summed E-state index contributed by atoms with van der Waals surface area (Å²) in [7, 11) is 3.26. The third kappa shape index (κ3) is 7.01. The van der Waals surface area contributed by atoms with Crippen LogP contribution in [-0.4, -0.2) is 67.1 Å². The van der Waals surface area contributed by atoms with E-state index in [1.54, 1.807) is 24.9 Å². The van der Waals surface area contributed by atoms with E-state index in [4.69, 9.17) is 9.72 Å². The van der Waals surface area contributed by atoms with E-state index in [9.17, 15) is 9.59 Å². The van der Waals surface area contributed by atoms with Crippen LogP contribution in [0.25, 0.3) is 27.9 Å². The Morgan fingerprint density at radius 1 is 1.05 bits per heavy atom. The van der Waals surface area contributed by atoms with Crippen molar-refractivity contribution in [2.75, 3.05) is 20.7 Å². The number of aryl methyl sites for hydroxylation is 2. The summed E-state index contributed by atoms with van der Waals surface area (Å²) in [5.41, 5.74) is 5.27. The molecule has 0 aliphatic heterocycles. The Bertz CT molecular complexity index is 1760. The number of hydrogen-bond acceptors (Lipinski definition) is 8. The lowest BCUT2D eigenvalue weighted by Crippen LogP contribution is -2.29. The molecule has 1 unspecified atom stereocenters. The second-order valence-electron chi connectivity index (χ2n) is 10.9. The molecule has 5 aromatic rings. The number of benzene rings is 1. The van der Waals surface area contributed by atoms with E-state index in [1.165, 1.54) is 6.33 Å². The first-order valence-electron chi connectivity index (χ1n) is 15.0. The maximum absolute atomic E-state index is 13.0. The monoisotopic (exact) mass is 597 g/mol. The van der Waals surface area contributed by atoms with E-state index in [2.05, 4.69) is 35.7 Å². The number of para-hydroxylation sites is 1. The van der Waals surface area contributed by atoms with Crippen molar-refractivity contribution in [2.45, 2.75) is 64.7 Å². The average Bonchev–Trinajstić information content (AvgIpc) is 3.72. The third-order valence-electron chi connectivity index (χ3n) is 8.03. The summed E-state index contributed by atoms with van der Waals surface area (Å²) in [4.78, 5) is 46.2. The highest BCUT2D eigenvalue weighted by molar-refractivity contribution is 5.85. The van der Waals surface area contributed by atoms with Crippen LogP contribution in [0, 0.1) is 13.8 Å². The smallest absolute Gasteiger partial charge is 0.252 e. The summed E-state index contributed by atoms with van der Waals surface area (Å²) < 4.78 is 7.32. The number of H-pyrrole nitrogens is 1. The number of rotatable bonds is 14. The molecule has 12 heteroatoms. The van der Waals surface area contributed by atoms with E-state index < -0.39 is 0 Å². The molecule has 230 valence electrons. The third-order valence-corrected chi connectivity index (χ3v) is 8.03. The summed E-state index contributed by atoms with van der Waals surface area (Å²) in [6.45, 7) is 4.34. The second-order valence-corrected chi connectivity index (χ2v) is 10.9. The van der Waals surface area contributed by atoms with Gasteiger partial charge in [-0.3, -0.25) is 9.59 Å². The molecule has 4 heterocycles. The number of aromatic nitrogens is 7. The largest absolute Gasteiger partial charge is 0.480 e. The van der Waals surface area contributed by atoms with Gasteiger partial charge in [-0.1, -0.05) is 31.0 Å². The van der Waals surface area contributed by atoms with Crippen molar-refractivity contribution >= 4 is 28.5 Å². The normalized spacial score (nSPS) is 12.0. The number of carbonyl (C=O) groups excluding carboxylic acids is 2. The van der Waals surface area contributed by atoms with Gasteiger partial charge in [0.2, 0.25) is 17.7 Å². The van der Waals surface area contributed by atoms with E-state index in [0.717, 1.165) is 70.6 Å². The van der Waals surface area contributed by atoms with Gasteiger partial charge in [-0.25, -0.2) is 19.5 Å². The van der Waals surface area contributed by atoms with Gasteiger partial charge in [-0.2, -0.15) is 10.1 Å². The number of aromatic amines is 1. The van der Waals surface area contributed by atoms with E-state index >= 15 is 0 Å². The molecule has 3 N–H and O–H groups in total. The topological polar surface area (TPSA) is 152 Å². The van der Waals surface area contributed by atoms with Gasteiger partial charge >= 0.3 is 0 Å². The number of hydrogen-bond donors (Lipinski definition) is 3. The van der Waals surface area contributed by atoms with Crippen molar-refractivity contribution in [1.82, 2.24) is 45.2 Å². The Morgan fingerprint density at radius 3 is 2.70 bits per heavy atom. The van der Waals surface area contributed by atoms with Crippen LogP contribution in [0.15, 0.2) is 42.9 Å². The Kier molecular flexibility index (Phi) is 9.78. The number of nitrogens with zero attached hydrogens (tertiary/aromatic N) is 6. The van der Waals surface area contributed by atoms with Crippen molar-refractivity contribution in [3.63, 3.8) is 0 Å². The summed E-state index contributed by atoms with van der Waals surface area (Å²) in [6, 6.07) is 9.94. The number of ether oxygens (including phenoxy) is 1. The molecule has 4 aromatic heterocycles. The van der Waals surface area contributed by atoms with Crippen LogP contribution in [0.4, 0.5) is 0 Å². The van der Waals surface area contributed by atoms with Gasteiger partial charge in [0.25, 0.3) is 5.78 Å². The van der Waals surface area contributed by atoms with Crippen molar-refractivity contribution in [1.29, 1.82) is 0 Å². The molecule has 2 amide bonds. The Morgan fingerprint density at radius 2 is 1.89 bits per heavy atom. The van der Waals surface area contributed by atoms with Gasteiger partial charge in [0.1, 0.15) is 12.2 Å². The lowest BCUT2D eigenvalue weighted by atomic mass is 9.99. The van der Waals surface area contributed by atoms with Crippen LogP contribution in [0.1, 0.15) is 67.2 Å². The quantitative estimate of drug-likeness (QED) is 0.161. The van der Waals surface area contributed by atoms with Gasteiger partial charge in [0, 0.05) is 49.1 Å². The number of fused-ring (bicyclic) bond motifs is 2. The van der Waals surface area contributed by atoms with Crippen molar-refractivity contribution in [2.24, 2.45) is 0 Å². The van der Waals surface area contributed by atoms with E-state index in [0.29, 0.717) is 37.5 Å². The first-order valence-corrected chi connectivity index (χ1v) is 15.0. The zero-order chi connectivity index (χ0) is 31.1. The summed E-state index contributed by atoms with van der Waals surface area (Å²) in [5.74, 6) is 1.83. The molecule has 0 aliphatic carbocycles. The van der Waals surface area contributed by atoms with E-state index in [-0.39, 0.29) is 17.7 Å². The zero-order valence-corrected chi connectivity index (χ0v) is 25.7. The highest BCUT2D eigenvalue weighted by atomic mass is 16.5. The highest BCUT2D eigenvalue weighted by Gasteiger charge is 2.20. The SMILES string of the molecule is CNC(=O)CCCCCC(CNC(=O)CCc1c(C)nc2ncnn2c1C)c1ncc(-c2cc3ccccc3nc2OC)[nH]1. The minimum Gasteiger partial charge on any atom is -0.480 e. The molecule has 1 atom stereocenters. The highest BCUT2D eigenvalue weighted by Crippen LogP contribution is 2.32. The van der Waals surface area contributed by atoms with Crippen LogP contribution < -0.4 is 15.4 Å². The standard InChI is InChI=1S/C32H39N9O3/c1-20-24(21(2)41-32(38-20)36-19-37-41)14-15-29(43)34-17-23(11-6-5-7-13-28(42)33-3)30-35-18-27(39-30)25-16-22-10-8-9-12-26(22)40-31(25)44-4/h8-10,12,16,18-19,23H,5-7,11,13-15,17H2,1-4H3,(H,33,42)(H,34,43)(H,35,39). The molecule has 0 bridgehead atoms. The molecule has 0 saturated heterocycles. The van der Waals surface area contributed by atoms with Crippen molar-refractivity contribution < 1.29 is 14.3 Å². The van der Waals surface area contributed by atoms with Gasteiger partial charge in [-0.15, -0.1) is 0 Å². The molecule has 12 nitrogen and oxygen atoms in total. The average molecular weight is 598 g/mol. The van der Waals surface area contributed by atoms with Crippen LogP contribution in [0.5, 0.6) is 5.88 Å². The lowest BCUT2D eigenvalue weighted by molar-refractivity contribution is -0.121. The number of nitrogens with one attached hydrogen (secondary N) is 3. The number of pyridine rings is 1.